The number of carbonyl (C=O) groups is 12. The maximum atomic E-state index is 14.7. The molecule has 2 aliphatic heterocycles. The summed E-state index contributed by atoms with van der Waals surface area (Å²) in [4.78, 5) is 185. The number of phenols is 1. The molecule has 0 radical (unpaired) electrons. The minimum absolute atomic E-state index is 0.00784. The monoisotopic (exact) mass is 1630 g/mol. The molecule has 1 spiro atoms. The topological polar surface area (TPSA) is 703 Å². The van der Waals surface area contributed by atoms with Crippen molar-refractivity contribution in [3.63, 3.8) is 0 Å². The number of azide groups is 6. The molecule has 1 unspecified atom stereocenters. The number of aromatic hydroxyl groups is 1. The van der Waals surface area contributed by atoms with Gasteiger partial charge in [0.25, 0.3) is 5.91 Å². The first-order valence-corrected chi connectivity index (χ1v) is 38.2. The van der Waals surface area contributed by atoms with Crippen molar-refractivity contribution < 1.29 is 77.2 Å². The highest BCUT2D eigenvalue weighted by Crippen LogP contribution is 2.56. The Morgan fingerprint density at radius 3 is 1.24 bits per heavy atom. The number of carbonyl (C=O) groups excluding carboxylic acids is 12. The normalized spacial score (nSPS) is 15.2. The number of nitrogens with one attached hydrogen (secondary N) is 10. The first-order valence-electron chi connectivity index (χ1n) is 38.2. The first-order chi connectivity index (χ1) is 55.7. The van der Waals surface area contributed by atoms with Gasteiger partial charge in [-0.05, 0) is 189 Å². The Labute approximate surface area is 671 Å². The number of hydrogen-bond acceptors (Lipinski definition) is 22. The fourth-order valence-electron chi connectivity index (χ4n) is 12.7. The molecular weight excluding hydrogens is 1530 g/mol. The molecule has 117 heavy (non-hydrogen) atoms. The van der Waals surface area contributed by atoms with Crippen molar-refractivity contribution in [2.75, 3.05) is 45.8 Å². The Kier molecular flexibility index (Phi) is 37.8. The number of primary amides is 1. The predicted molar refractivity (Wildman–Crippen MR) is 420 cm³/mol. The van der Waals surface area contributed by atoms with E-state index in [1.807, 2.05) is 0 Å². The number of allylic oxidation sites excluding steroid dienone is 2. The van der Waals surface area contributed by atoms with Gasteiger partial charge >= 0.3 is 5.97 Å². The van der Waals surface area contributed by atoms with Crippen LogP contribution in [0.3, 0.4) is 0 Å². The molecule has 1 aliphatic carbocycles. The van der Waals surface area contributed by atoms with Gasteiger partial charge in [0.15, 0.2) is 5.60 Å². The van der Waals surface area contributed by atoms with E-state index in [1.54, 1.807) is 0 Å². The van der Waals surface area contributed by atoms with Crippen molar-refractivity contribution in [3.05, 3.63) is 144 Å². The first kappa shape index (κ1) is 94.4. The highest BCUT2D eigenvalue weighted by atomic mass is 16.6. The number of ether oxygens (including phenoxy) is 2. The Hall–Kier alpha value is -13.2. The average Bonchev–Trinajstić information content (AvgIpc) is 1.57. The van der Waals surface area contributed by atoms with Gasteiger partial charge in [0.1, 0.15) is 70.1 Å². The Morgan fingerprint density at radius 2 is 0.855 bits per heavy atom. The molecular formula is C72H101N29O16. The van der Waals surface area contributed by atoms with Gasteiger partial charge in [-0.2, -0.15) is 0 Å². The molecule has 630 valence electrons. The minimum Gasteiger partial charge on any atom is -0.512 e. The molecule has 7 atom stereocenters. The summed E-state index contributed by atoms with van der Waals surface area (Å²) in [6.45, 7) is 7.61. The summed E-state index contributed by atoms with van der Waals surface area (Å²) in [6.07, 6.45) is 3.18. The number of hydrogen-bond donors (Lipinski definition) is 13. The van der Waals surface area contributed by atoms with E-state index >= 15 is 0 Å². The van der Waals surface area contributed by atoms with Crippen LogP contribution < -0.4 is 63.6 Å². The number of phenolic OH excluding ortho intramolecular Hbond substituents is 1. The molecule has 0 saturated carbocycles. The second-order valence-electron chi connectivity index (χ2n) is 29.4. The smallest absolute Gasteiger partial charge is 0.340 e. The number of benzene rings is 2. The van der Waals surface area contributed by atoms with Crippen LogP contribution in [-0.2, 0) is 58.3 Å². The van der Waals surface area contributed by atoms with Crippen molar-refractivity contribution in [2.24, 2.45) is 36.4 Å². The highest BCUT2D eigenvalue weighted by Gasteiger charge is 2.55. The summed E-state index contributed by atoms with van der Waals surface area (Å²) in [5.41, 5.74) is 53.4. The van der Waals surface area contributed by atoms with Gasteiger partial charge in [-0.15, -0.1) is 0 Å². The molecule has 0 saturated heterocycles. The van der Waals surface area contributed by atoms with Gasteiger partial charge in [0, 0.05) is 123 Å². The van der Waals surface area contributed by atoms with E-state index in [1.165, 1.54) is 84.0 Å². The Morgan fingerprint density at radius 1 is 0.479 bits per heavy atom. The maximum Gasteiger partial charge on any atom is 0.340 e. The second kappa shape index (κ2) is 46.9. The standard InChI is InChI=1S/C72H101N29O16/c1-69(2,66(73)113)93-62(109)52(22-10-16-35-84-99-77)89-60(107)50(20-8-14-33-82-97-75)91-68(115)71(5,6)95-64(111)54(24-12-18-37-86-101-79)90-61(108)51(21-9-15-34-83-98-76)92-67(114)70(3,4)94-63(110)53(23-11-17-36-85-100-78)88-59(106)49(19-7-13-32-81-96-74)87-57(104)31-38-80-58(105)42-25-28-45-48(39-42)72(117-65(45)112)46-29-26-43(102)40-55(46)116-56-41-44(103)27-30-47(56)72/h25-26,28-29,39-41,49-54,102-103H,7-24,27,30-38H2,1-6H3,(H2,73,113)(H,80,105)(H,87,104)(H,88,106)(H,89,107)(H,90,108)(H,91,115)(H,92,114)(H,93,109)(H,94,110)(H,95,111)/t49-,50-,51-,52-,53-,54-,72?/m0/s1. The number of amides is 11. The molecule has 2 aromatic carbocycles. The van der Waals surface area contributed by atoms with Crippen molar-refractivity contribution >= 4 is 70.9 Å². The van der Waals surface area contributed by atoms with E-state index in [-0.39, 0.29) is 208 Å². The molecule has 11 amide bonds. The summed E-state index contributed by atoms with van der Waals surface area (Å²) in [5, 5.41) is 68.3. The number of fused-ring (bicyclic) bond motifs is 5. The average molecular weight is 1630 g/mol. The number of aliphatic hydroxyl groups excluding tert-OH is 1. The fraction of sp³-hybridized carbons (Fsp3) is 0.611. The molecule has 0 bridgehead atoms. The predicted octanol–water partition coefficient (Wildman–Crippen LogP) is 7.77. The van der Waals surface area contributed by atoms with Crippen LogP contribution in [0.25, 0.3) is 62.7 Å². The molecule has 0 aromatic heterocycles. The van der Waals surface area contributed by atoms with Gasteiger partial charge in [-0.1, -0.05) is 69.2 Å². The van der Waals surface area contributed by atoms with E-state index < -0.39 is 136 Å². The molecule has 2 aromatic rings. The van der Waals surface area contributed by atoms with Crippen LogP contribution >= 0.6 is 0 Å². The zero-order chi connectivity index (χ0) is 86.3. The second-order valence-corrected chi connectivity index (χ2v) is 29.4. The molecule has 45 nitrogen and oxygen atoms in total. The van der Waals surface area contributed by atoms with Crippen molar-refractivity contribution in [1.29, 1.82) is 0 Å². The molecule has 45 heteroatoms. The number of rotatable bonds is 52. The van der Waals surface area contributed by atoms with Crippen LogP contribution in [0.1, 0.15) is 208 Å². The number of nitrogens with two attached hydrogens (primary N) is 1. The highest BCUT2D eigenvalue weighted by molar-refractivity contribution is 6.02. The summed E-state index contributed by atoms with van der Waals surface area (Å²) in [5.74, 6) is -10.1. The molecule has 0 fully saturated rings. The molecule has 3 aliphatic rings. The van der Waals surface area contributed by atoms with Crippen molar-refractivity contribution in [3.8, 4) is 11.5 Å². The summed E-state index contributed by atoms with van der Waals surface area (Å²) in [7, 11) is 0. The van der Waals surface area contributed by atoms with Crippen LogP contribution in [0, 0.1) is 0 Å². The molecule has 5 rings (SSSR count). The third-order valence-corrected chi connectivity index (χ3v) is 19.2. The minimum atomic E-state index is -1.95. The zero-order valence-electron chi connectivity index (χ0n) is 66.0. The van der Waals surface area contributed by atoms with Crippen LogP contribution in [0.5, 0.6) is 11.5 Å². The van der Waals surface area contributed by atoms with Crippen molar-refractivity contribution in [2.45, 2.75) is 235 Å². The van der Waals surface area contributed by atoms with Crippen LogP contribution in [-0.4, -0.2) is 180 Å². The van der Waals surface area contributed by atoms with E-state index in [0.717, 1.165) is 0 Å². The third kappa shape index (κ3) is 29.0. The van der Waals surface area contributed by atoms with Gasteiger partial charge in [0.05, 0.1) is 11.3 Å². The van der Waals surface area contributed by atoms with E-state index in [0.29, 0.717) is 17.6 Å². The summed E-state index contributed by atoms with van der Waals surface area (Å²) in [6, 6.07) is -0.0610. The number of nitrogens with zero attached hydrogens (tertiary/aromatic N) is 18. The Bertz CT molecular complexity index is 4360. The van der Waals surface area contributed by atoms with Gasteiger partial charge in [0.2, 0.25) is 59.1 Å². The van der Waals surface area contributed by atoms with E-state index in [9.17, 15) is 67.7 Å². The van der Waals surface area contributed by atoms with Gasteiger partial charge in [-0.3, -0.25) is 52.7 Å². The lowest BCUT2D eigenvalue weighted by Crippen LogP contribution is -2.64. The van der Waals surface area contributed by atoms with E-state index in [2.05, 4.69) is 113 Å². The molecule has 2 heterocycles. The van der Waals surface area contributed by atoms with Gasteiger partial charge in [-0.25, -0.2) is 4.79 Å². The van der Waals surface area contributed by atoms with Crippen LogP contribution in [0.4, 0.5) is 0 Å². The number of esters is 1. The zero-order valence-corrected chi connectivity index (χ0v) is 66.0. The fourth-order valence-corrected chi connectivity index (χ4v) is 12.7. The number of unbranched alkanes of at least 4 members (excludes halogenated alkanes) is 6. The maximum absolute atomic E-state index is 14.7. The van der Waals surface area contributed by atoms with Crippen LogP contribution in [0.2, 0.25) is 0 Å². The lowest BCUT2D eigenvalue weighted by molar-refractivity contribution is -0.138. The lowest BCUT2D eigenvalue weighted by Gasteiger charge is -2.39. The summed E-state index contributed by atoms with van der Waals surface area (Å²) >= 11 is 0. The quantitative estimate of drug-likeness (QED) is 0.00988. The number of aliphatic hydroxyl groups is 1. The lowest BCUT2D eigenvalue weighted by atomic mass is 9.74. The Balaban J connectivity index is 1.35. The largest absolute Gasteiger partial charge is 0.512 e. The summed E-state index contributed by atoms with van der Waals surface area (Å²) < 4.78 is 12.3. The van der Waals surface area contributed by atoms with E-state index in [4.69, 9.17) is 48.4 Å². The van der Waals surface area contributed by atoms with Crippen molar-refractivity contribution in [1.82, 2.24) is 53.2 Å². The van der Waals surface area contributed by atoms with Gasteiger partial charge < -0.3 is 78.6 Å². The third-order valence-electron chi connectivity index (χ3n) is 19.2. The SMILES string of the molecule is CC(C)(NC(=O)[C@H](CCCCN=[N+]=[N-])NC(=O)[C@H](CCCCN=[N+]=[N-])NC(=O)C(C)(C)NC(=O)[C@H](CCCCN=[N+]=[N-])NC(=O)[C@H](CCCCN=[N+]=[N-])NC(=O)C(C)(C)NC(=O)[C@H](CCCCN=[N+]=[N-])NC(=O)[C@H](CCCCN=[N+]=[N-])NC(=O)CCNC(=O)c1ccc2c(c1)C1(OC2=O)C2=C(C=C(O)CC2)Oc2cc(O)ccc21)C(N)=O. The van der Waals surface area contributed by atoms with Crippen LogP contribution in [0.15, 0.2) is 90.3 Å². The molecule has 14 N–H and O–H groups in total.